The summed E-state index contributed by atoms with van der Waals surface area (Å²) in [6.45, 7) is 2.53. The molecule has 0 aliphatic carbocycles. The SMILES string of the molecule is Cc1cn2c3c(=O)n(C)c(=O)n(C)c3nc2n1CCCl. The molecule has 3 aromatic heterocycles. The maximum atomic E-state index is 12.3. The van der Waals surface area contributed by atoms with Gasteiger partial charge in [-0.2, -0.15) is 4.98 Å². The van der Waals surface area contributed by atoms with Crippen LogP contribution in [0.15, 0.2) is 15.8 Å². The van der Waals surface area contributed by atoms with Crippen molar-refractivity contribution in [3.05, 3.63) is 32.7 Å². The van der Waals surface area contributed by atoms with E-state index in [0.29, 0.717) is 29.4 Å². The standard InChI is InChI=1S/C12H14ClN5O2/c1-7-6-18-8-9(14-11(18)17(7)5-4-13)15(2)12(20)16(3)10(8)19/h6H,4-5H2,1-3H3. The van der Waals surface area contributed by atoms with Crippen LogP contribution in [-0.4, -0.2) is 29.0 Å². The Hall–Kier alpha value is -2.02. The third-order valence-corrected chi connectivity index (χ3v) is 3.73. The van der Waals surface area contributed by atoms with E-state index in [1.165, 1.54) is 11.6 Å². The highest BCUT2D eigenvalue weighted by Gasteiger charge is 2.18. The highest BCUT2D eigenvalue weighted by atomic mass is 35.5. The monoisotopic (exact) mass is 295 g/mol. The van der Waals surface area contributed by atoms with E-state index < -0.39 is 0 Å². The van der Waals surface area contributed by atoms with Gasteiger partial charge >= 0.3 is 5.69 Å². The zero-order chi connectivity index (χ0) is 14.6. The number of imidazole rings is 2. The van der Waals surface area contributed by atoms with Crippen molar-refractivity contribution in [2.24, 2.45) is 14.1 Å². The van der Waals surface area contributed by atoms with Crippen molar-refractivity contribution in [1.82, 2.24) is 23.1 Å². The summed E-state index contributed by atoms with van der Waals surface area (Å²) in [5.74, 6) is 1.07. The molecule has 0 radical (unpaired) electrons. The number of hydrogen-bond acceptors (Lipinski definition) is 3. The largest absolute Gasteiger partial charge is 0.332 e. The minimum absolute atomic E-state index is 0.348. The predicted octanol–water partition coefficient (Wildman–Crippen LogP) is 0.234. The summed E-state index contributed by atoms with van der Waals surface area (Å²) < 4.78 is 6.12. The number of hydrogen-bond donors (Lipinski definition) is 0. The van der Waals surface area contributed by atoms with Gasteiger partial charge in [-0.25, -0.2) is 4.79 Å². The molecule has 3 heterocycles. The number of rotatable bonds is 2. The average Bonchev–Trinajstić information content (AvgIpc) is 2.92. The number of aryl methyl sites for hydroxylation is 3. The van der Waals surface area contributed by atoms with E-state index in [2.05, 4.69) is 4.98 Å². The molecule has 0 saturated heterocycles. The Labute approximate surface area is 118 Å². The van der Waals surface area contributed by atoms with Crippen LogP contribution in [0.5, 0.6) is 0 Å². The van der Waals surface area contributed by atoms with Gasteiger partial charge in [-0.05, 0) is 6.92 Å². The van der Waals surface area contributed by atoms with E-state index in [4.69, 9.17) is 11.6 Å². The first-order chi connectivity index (χ1) is 9.47. The topological polar surface area (TPSA) is 66.2 Å². The molecule has 106 valence electrons. The molecule has 0 amide bonds. The molecule has 0 aliphatic rings. The van der Waals surface area contributed by atoms with Crippen molar-refractivity contribution in [1.29, 1.82) is 0 Å². The maximum Gasteiger partial charge on any atom is 0.332 e. The van der Waals surface area contributed by atoms with Crippen molar-refractivity contribution < 1.29 is 0 Å². The van der Waals surface area contributed by atoms with Gasteiger partial charge in [-0.3, -0.25) is 18.3 Å². The molecule has 0 N–H and O–H groups in total. The summed E-state index contributed by atoms with van der Waals surface area (Å²) in [5.41, 5.74) is 1.02. The number of aromatic nitrogens is 5. The van der Waals surface area contributed by atoms with Crippen LogP contribution in [0.4, 0.5) is 0 Å². The molecule has 3 rings (SSSR count). The third-order valence-electron chi connectivity index (χ3n) is 3.56. The summed E-state index contributed by atoms with van der Waals surface area (Å²) >= 11 is 5.80. The maximum absolute atomic E-state index is 12.3. The van der Waals surface area contributed by atoms with Crippen LogP contribution in [0.2, 0.25) is 0 Å². The second-order valence-corrected chi connectivity index (χ2v) is 5.15. The van der Waals surface area contributed by atoms with Crippen LogP contribution >= 0.6 is 11.6 Å². The van der Waals surface area contributed by atoms with E-state index in [1.54, 1.807) is 11.4 Å². The van der Waals surface area contributed by atoms with Gasteiger partial charge in [-0.15, -0.1) is 11.6 Å². The van der Waals surface area contributed by atoms with Crippen LogP contribution in [-0.2, 0) is 20.6 Å². The quantitative estimate of drug-likeness (QED) is 0.636. The molecule has 3 aromatic rings. The van der Waals surface area contributed by atoms with Gasteiger partial charge < -0.3 is 4.57 Å². The highest BCUT2D eigenvalue weighted by molar-refractivity contribution is 6.17. The molecule has 7 nitrogen and oxygen atoms in total. The highest BCUT2D eigenvalue weighted by Crippen LogP contribution is 2.15. The molecular weight excluding hydrogens is 282 g/mol. The first-order valence-corrected chi connectivity index (χ1v) is 6.70. The Morgan fingerprint density at radius 3 is 2.60 bits per heavy atom. The van der Waals surface area contributed by atoms with Gasteiger partial charge in [-0.1, -0.05) is 0 Å². The van der Waals surface area contributed by atoms with E-state index in [1.807, 2.05) is 17.7 Å². The Morgan fingerprint density at radius 2 is 1.95 bits per heavy atom. The summed E-state index contributed by atoms with van der Waals surface area (Å²) in [4.78, 5) is 28.7. The van der Waals surface area contributed by atoms with Crippen molar-refractivity contribution in [3.8, 4) is 0 Å². The Bertz CT molecular complexity index is 943. The summed E-state index contributed by atoms with van der Waals surface area (Å²) in [5, 5.41) is 0. The van der Waals surface area contributed by atoms with Gasteiger partial charge in [0.25, 0.3) is 5.56 Å². The minimum Gasteiger partial charge on any atom is -0.313 e. The third kappa shape index (κ3) is 1.49. The first kappa shape index (κ1) is 13.0. The smallest absolute Gasteiger partial charge is 0.313 e. The molecular formula is C12H14ClN5O2. The Morgan fingerprint density at radius 1 is 1.25 bits per heavy atom. The number of nitrogens with zero attached hydrogens (tertiary/aromatic N) is 5. The van der Waals surface area contributed by atoms with E-state index in [0.717, 1.165) is 10.3 Å². The van der Waals surface area contributed by atoms with Crippen LogP contribution < -0.4 is 11.2 Å². The van der Waals surface area contributed by atoms with Crippen LogP contribution in [0.3, 0.4) is 0 Å². The molecule has 20 heavy (non-hydrogen) atoms. The Balaban J connectivity index is 2.57. The molecule has 0 fully saturated rings. The molecule has 0 atom stereocenters. The zero-order valence-electron chi connectivity index (χ0n) is 11.4. The number of alkyl halides is 1. The molecule has 0 aliphatic heterocycles. The summed E-state index contributed by atoms with van der Waals surface area (Å²) in [6, 6.07) is 0. The summed E-state index contributed by atoms with van der Waals surface area (Å²) in [7, 11) is 3.07. The van der Waals surface area contributed by atoms with Crippen molar-refractivity contribution >= 4 is 28.5 Å². The lowest BCUT2D eigenvalue weighted by atomic mass is 10.5. The van der Waals surface area contributed by atoms with Crippen LogP contribution in [0, 0.1) is 6.92 Å². The molecule has 0 aromatic carbocycles. The van der Waals surface area contributed by atoms with Gasteiger partial charge in [0.15, 0.2) is 11.2 Å². The van der Waals surface area contributed by atoms with E-state index in [-0.39, 0.29) is 11.2 Å². The first-order valence-electron chi connectivity index (χ1n) is 6.17. The van der Waals surface area contributed by atoms with Gasteiger partial charge in [0.1, 0.15) is 0 Å². The second kappa shape index (κ2) is 4.24. The Kier molecular flexibility index (Phi) is 2.75. The van der Waals surface area contributed by atoms with E-state index >= 15 is 0 Å². The molecule has 8 heteroatoms. The van der Waals surface area contributed by atoms with Crippen LogP contribution in [0.25, 0.3) is 16.9 Å². The van der Waals surface area contributed by atoms with Gasteiger partial charge in [0.05, 0.1) is 0 Å². The zero-order valence-corrected chi connectivity index (χ0v) is 12.2. The van der Waals surface area contributed by atoms with Crippen molar-refractivity contribution in [2.75, 3.05) is 5.88 Å². The van der Waals surface area contributed by atoms with Crippen LogP contribution in [0.1, 0.15) is 5.69 Å². The fourth-order valence-corrected chi connectivity index (χ4v) is 2.66. The number of fused-ring (bicyclic) bond motifs is 3. The fourth-order valence-electron chi connectivity index (χ4n) is 2.49. The predicted molar refractivity (Wildman–Crippen MR) is 76.6 cm³/mol. The number of halogens is 1. The minimum atomic E-state index is -0.385. The fraction of sp³-hybridized carbons (Fsp3) is 0.417. The molecule has 0 bridgehead atoms. The second-order valence-electron chi connectivity index (χ2n) is 4.77. The van der Waals surface area contributed by atoms with Gasteiger partial charge in [0.2, 0.25) is 5.78 Å². The lowest BCUT2D eigenvalue weighted by molar-refractivity contribution is 0.707. The van der Waals surface area contributed by atoms with E-state index in [9.17, 15) is 9.59 Å². The molecule has 0 unspecified atom stereocenters. The normalized spacial score (nSPS) is 11.8. The summed E-state index contributed by atoms with van der Waals surface area (Å²) in [6.07, 6.45) is 1.84. The average molecular weight is 296 g/mol. The lowest BCUT2D eigenvalue weighted by Gasteiger charge is -2.02. The van der Waals surface area contributed by atoms with Crippen molar-refractivity contribution in [3.63, 3.8) is 0 Å². The van der Waals surface area contributed by atoms with Crippen molar-refractivity contribution in [2.45, 2.75) is 13.5 Å². The van der Waals surface area contributed by atoms with Gasteiger partial charge in [0, 0.05) is 38.4 Å². The molecule has 0 saturated carbocycles. The molecule has 0 spiro atoms. The lowest BCUT2D eigenvalue weighted by Crippen LogP contribution is -2.37.